The van der Waals surface area contributed by atoms with Crippen LogP contribution < -0.4 is 0 Å². The van der Waals surface area contributed by atoms with Crippen LogP contribution in [0.4, 0.5) is 0 Å². The molecule has 0 unspecified atom stereocenters. The lowest BCUT2D eigenvalue weighted by Gasteiger charge is -2.39. The molecule has 2 aliphatic rings. The summed E-state index contributed by atoms with van der Waals surface area (Å²) >= 11 is 0. The van der Waals surface area contributed by atoms with E-state index in [0.29, 0.717) is 18.1 Å². The Kier molecular flexibility index (Phi) is 3.80. The van der Waals surface area contributed by atoms with Gasteiger partial charge in [0.25, 0.3) is 0 Å². The molecule has 3 heterocycles. The Bertz CT molecular complexity index is 604. The summed E-state index contributed by atoms with van der Waals surface area (Å²) in [5, 5.41) is 0. The number of fused-ring (bicyclic) bond motifs is 1. The second-order valence-corrected chi connectivity index (χ2v) is 6.60. The molecule has 1 saturated carbocycles. The summed E-state index contributed by atoms with van der Waals surface area (Å²) in [6.07, 6.45) is 7.16. The maximum Gasteiger partial charge on any atom is 0.118 e. The van der Waals surface area contributed by atoms with Gasteiger partial charge in [0.1, 0.15) is 11.5 Å². The fourth-order valence-corrected chi connectivity index (χ4v) is 4.06. The molecule has 22 heavy (non-hydrogen) atoms. The normalized spacial score (nSPS) is 28.9. The smallest absolute Gasteiger partial charge is 0.118 e. The molecular weight excluding hydrogens is 276 g/mol. The van der Waals surface area contributed by atoms with Gasteiger partial charge in [0.05, 0.1) is 19.3 Å². The summed E-state index contributed by atoms with van der Waals surface area (Å²) in [5.74, 6) is 2.70. The predicted octanol–water partition coefficient (Wildman–Crippen LogP) is 3.07. The SMILES string of the molecule is Cc1ccc(CN2CCO[C@@H]3[C@H](Cn4cccc4)CC[C@@H]32)o1. The van der Waals surface area contributed by atoms with Gasteiger partial charge >= 0.3 is 0 Å². The first-order valence-corrected chi connectivity index (χ1v) is 8.31. The number of rotatable bonds is 4. The number of aromatic nitrogens is 1. The van der Waals surface area contributed by atoms with Gasteiger partial charge in [0, 0.05) is 37.4 Å². The Morgan fingerprint density at radius 2 is 2.05 bits per heavy atom. The molecule has 2 aromatic heterocycles. The lowest BCUT2D eigenvalue weighted by molar-refractivity contribution is -0.0801. The molecule has 1 aliphatic heterocycles. The van der Waals surface area contributed by atoms with Crippen LogP contribution in [0.5, 0.6) is 0 Å². The predicted molar refractivity (Wildman–Crippen MR) is 84.5 cm³/mol. The van der Waals surface area contributed by atoms with Crippen LogP contribution in [0.2, 0.25) is 0 Å². The molecule has 0 spiro atoms. The molecule has 0 aromatic carbocycles. The highest BCUT2D eigenvalue weighted by molar-refractivity contribution is 5.07. The van der Waals surface area contributed by atoms with E-state index in [1.54, 1.807) is 0 Å². The standard InChI is InChI=1S/C18H24N2O2/c1-14-4-6-16(22-14)13-20-10-11-21-18-15(5-7-17(18)20)12-19-8-2-3-9-19/h2-4,6,8-9,15,17-18H,5,7,10-13H2,1H3/t15-,17-,18+/m0/s1. The number of hydrogen-bond acceptors (Lipinski definition) is 3. The van der Waals surface area contributed by atoms with Crippen LogP contribution in [0.3, 0.4) is 0 Å². The zero-order chi connectivity index (χ0) is 14.9. The van der Waals surface area contributed by atoms with Crippen molar-refractivity contribution in [3.05, 3.63) is 48.2 Å². The van der Waals surface area contributed by atoms with Gasteiger partial charge in [0.2, 0.25) is 0 Å². The molecule has 0 bridgehead atoms. The van der Waals surface area contributed by atoms with Gasteiger partial charge in [-0.25, -0.2) is 0 Å². The Morgan fingerprint density at radius 1 is 1.18 bits per heavy atom. The maximum absolute atomic E-state index is 6.15. The van der Waals surface area contributed by atoms with E-state index in [0.717, 1.165) is 37.8 Å². The van der Waals surface area contributed by atoms with Gasteiger partial charge in [-0.05, 0) is 44.0 Å². The fourth-order valence-electron chi connectivity index (χ4n) is 4.06. The van der Waals surface area contributed by atoms with Crippen LogP contribution in [-0.4, -0.2) is 34.8 Å². The van der Waals surface area contributed by atoms with E-state index in [2.05, 4.69) is 46.1 Å². The highest BCUT2D eigenvalue weighted by Crippen LogP contribution is 2.36. The minimum absolute atomic E-state index is 0.368. The molecule has 2 aromatic rings. The molecule has 118 valence electrons. The van der Waals surface area contributed by atoms with Crippen LogP contribution in [0.25, 0.3) is 0 Å². The highest BCUT2D eigenvalue weighted by Gasteiger charge is 2.42. The van der Waals surface area contributed by atoms with Crippen LogP contribution in [0.15, 0.2) is 41.1 Å². The van der Waals surface area contributed by atoms with Gasteiger partial charge in [-0.3, -0.25) is 4.90 Å². The van der Waals surface area contributed by atoms with Crippen molar-refractivity contribution in [1.29, 1.82) is 0 Å². The average molecular weight is 300 g/mol. The van der Waals surface area contributed by atoms with Gasteiger partial charge < -0.3 is 13.7 Å². The number of hydrogen-bond donors (Lipinski definition) is 0. The first-order chi connectivity index (χ1) is 10.8. The Balaban J connectivity index is 1.44. The van der Waals surface area contributed by atoms with Gasteiger partial charge in [-0.1, -0.05) is 0 Å². The highest BCUT2D eigenvalue weighted by atomic mass is 16.5. The van der Waals surface area contributed by atoms with Crippen molar-refractivity contribution < 1.29 is 9.15 Å². The number of furan rings is 1. The zero-order valence-corrected chi connectivity index (χ0v) is 13.1. The molecule has 1 saturated heterocycles. The fraction of sp³-hybridized carbons (Fsp3) is 0.556. The van der Waals surface area contributed by atoms with Crippen molar-refractivity contribution in [3.63, 3.8) is 0 Å². The molecular formula is C18H24N2O2. The number of ether oxygens (including phenoxy) is 1. The molecule has 4 nitrogen and oxygen atoms in total. The third-order valence-corrected chi connectivity index (χ3v) is 5.10. The first kappa shape index (κ1) is 14.1. The minimum atomic E-state index is 0.368. The van der Waals surface area contributed by atoms with Crippen molar-refractivity contribution >= 4 is 0 Å². The number of morpholine rings is 1. The lowest BCUT2D eigenvalue weighted by atomic mass is 10.0. The average Bonchev–Trinajstić information content (AvgIpc) is 3.23. The third kappa shape index (κ3) is 2.73. The molecule has 0 radical (unpaired) electrons. The quantitative estimate of drug-likeness (QED) is 0.869. The lowest BCUT2D eigenvalue weighted by Crippen LogP contribution is -2.50. The van der Waals surface area contributed by atoms with E-state index >= 15 is 0 Å². The maximum atomic E-state index is 6.15. The van der Waals surface area contributed by atoms with E-state index < -0.39 is 0 Å². The van der Waals surface area contributed by atoms with Gasteiger partial charge in [0.15, 0.2) is 0 Å². The topological polar surface area (TPSA) is 30.5 Å². The molecule has 2 fully saturated rings. The van der Waals surface area contributed by atoms with E-state index in [1.165, 1.54) is 12.8 Å². The van der Waals surface area contributed by atoms with Crippen molar-refractivity contribution in [2.75, 3.05) is 13.2 Å². The Hall–Kier alpha value is -1.52. The van der Waals surface area contributed by atoms with Crippen molar-refractivity contribution in [1.82, 2.24) is 9.47 Å². The van der Waals surface area contributed by atoms with Crippen LogP contribution >= 0.6 is 0 Å². The molecule has 4 heteroatoms. The van der Waals surface area contributed by atoms with Gasteiger partial charge in [-0.2, -0.15) is 0 Å². The summed E-state index contributed by atoms with van der Waals surface area (Å²) in [7, 11) is 0. The third-order valence-electron chi connectivity index (χ3n) is 5.10. The van der Waals surface area contributed by atoms with Crippen LogP contribution in [0, 0.1) is 12.8 Å². The number of nitrogens with zero attached hydrogens (tertiary/aromatic N) is 2. The molecule has 3 atom stereocenters. The summed E-state index contributed by atoms with van der Waals surface area (Å²) in [5.41, 5.74) is 0. The summed E-state index contributed by atoms with van der Waals surface area (Å²) in [6.45, 7) is 5.84. The summed E-state index contributed by atoms with van der Waals surface area (Å²) in [4.78, 5) is 2.56. The van der Waals surface area contributed by atoms with Gasteiger partial charge in [-0.15, -0.1) is 0 Å². The second-order valence-electron chi connectivity index (χ2n) is 6.60. The van der Waals surface area contributed by atoms with E-state index in [-0.39, 0.29) is 0 Å². The molecule has 1 aliphatic carbocycles. The van der Waals surface area contributed by atoms with Crippen molar-refractivity contribution in [2.45, 2.75) is 45.0 Å². The zero-order valence-electron chi connectivity index (χ0n) is 13.1. The largest absolute Gasteiger partial charge is 0.465 e. The minimum Gasteiger partial charge on any atom is -0.465 e. The van der Waals surface area contributed by atoms with E-state index in [1.807, 2.05) is 6.92 Å². The monoisotopic (exact) mass is 300 g/mol. The first-order valence-electron chi connectivity index (χ1n) is 8.31. The van der Waals surface area contributed by atoms with Crippen molar-refractivity contribution in [3.8, 4) is 0 Å². The van der Waals surface area contributed by atoms with Crippen LogP contribution in [-0.2, 0) is 17.8 Å². The second kappa shape index (κ2) is 5.94. The van der Waals surface area contributed by atoms with E-state index in [4.69, 9.17) is 9.15 Å². The Labute approximate surface area is 131 Å². The Morgan fingerprint density at radius 3 is 2.82 bits per heavy atom. The summed E-state index contributed by atoms with van der Waals surface area (Å²) in [6, 6.07) is 8.89. The molecule has 0 N–H and O–H groups in total. The molecule has 0 amide bonds. The van der Waals surface area contributed by atoms with E-state index in [9.17, 15) is 0 Å². The summed E-state index contributed by atoms with van der Waals surface area (Å²) < 4.78 is 14.2. The van der Waals surface area contributed by atoms with Crippen LogP contribution in [0.1, 0.15) is 24.4 Å². The number of aryl methyl sites for hydroxylation is 1. The molecule has 4 rings (SSSR count). The van der Waals surface area contributed by atoms with Crippen molar-refractivity contribution in [2.24, 2.45) is 5.92 Å².